The number of halogens is 1. The number of hydrazone groups is 1. The van der Waals surface area contributed by atoms with Crippen molar-refractivity contribution in [2.45, 2.75) is 6.92 Å². The highest BCUT2D eigenvalue weighted by atomic mass is 79.9. The number of nitro groups is 1. The van der Waals surface area contributed by atoms with E-state index in [0.29, 0.717) is 21.7 Å². The fraction of sp³-hybridized carbons (Fsp3) is 0.143. The van der Waals surface area contributed by atoms with E-state index in [1.807, 2.05) is 0 Å². The molecule has 0 unspecified atom stereocenters. The molecule has 0 saturated carbocycles. The van der Waals surface area contributed by atoms with Crippen LogP contribution >= 0.6 is 15.9 Å². The molecule has 0 spiro atoms. The number of furan rings is 1. The lowest BCUT2D eigenvalue weighted by atomic mass is 10.3. The van der Waals surface area contributed by atoms with Gasteiger partial charge >= 0.3 is 0 Å². The molecular formula is C14H12BrN3O5. The van der Waals surface area contributed by atoms with Gasteiger partial charge in [-0.2, -0.15) is 5.10 Å². The quantitative estimate of drug-likeness (QED) is 0.470. The molecule has 0 saturated heterocycles. The summed E-state index contributed by atoms with van der Waals surface area (Å²) in [5, 5.41) is 14.5. The summed E-state index contributed by atoms with van der Waals surface area (Å²) in [6, 6.07) is 7.43. The molecule has 0 atom stereocenters. The van der Waals surface area contributed by atoms with Crippen molar-refractivity contribution in [3.8, 4) is 5.75 Å². The van der Waals surface area contributed by atoms with E-state index < -0.39 is 10.8 Å². The summed E-state index contributed by atoms with van der Waals surface area (Å²) < 4.78 is 10.8. The first-order valence-corrected chi connectivity index (χ1v) is 7.20. The number of nitro benzene ring substituents is 1. The van der Waals surface area contributed by atoms with Crippen LogP contribution in [0.1, 0.15) is 12.7 Å². The smallest absolute Gasteiger partial charge is 0.277 e. The monoisotopic (exact) mass is 381 g/mol. The van der Waals surface area contributed by atoms with Gasteiger partial charge in [0.1, 0.15) is 17.2 Å². The van der Waals surface area contributed by atoms with Gasteiger partial charge in [-0.05, 0) is 41.1 Å². The topological polar surface area (TPSA) is 107 Å². The summed E-state index contributed by atoms with van der Waals surface area (Å²) in [6.07, 6.45) is 1.51. The van der Waals surface area contributed by atoms with Gasteiger partial charge in [-0.1, -0.05) is 0 Å². The Labute approximate surface area is 139 Å². The molecule has 1 N–H and O–H groups in total. The fourth-order valence-electron chi connectivity index (χ4n) is 1.58. The van der Waals surface area contributed by atoms with Gasteiger partial charge in [-0.3, -0.25) is 14.9 Å². The number of ether oxygens (including phenoxy) is 1. The molecule has 2 rings (SSSR count). The van der Waals surface area contributed by atoms with Crippen LogP contribution in [0.25, 0.3) is 0 Å². The number of hydrogen-bond acceptors (Lipinski definition) is 6. The number of nitrogens with zero attached hydrogens (tertiary/aromatic N) is 2. The molecule has 0 aliphatic rings. The molecule has 0 fully saturated rings. The van der Waals surface area contributed by atoms with Crippen LogP contribution in [0.3, 0.4) is 0 Å². The van der Waals surface area contributed by atoms with E-state index in [4.69, 9.17) is 9.15 Å². The van der Waals surface area contributed by atoms with Crippen molar-refractivity contribution >= 4 is 33.2 Å². The Morgan fingerprint density at radius 1 is 1.48 bits per heavy atom. The number of benzene rings is 1. The number of carbonyl (C=O) groups is 1. The highest BCUT2D eigenvalue weighted by Crippen LogP contribution is 2.28. The van der Waals surface area contributed by atoms with Gasteiger partial charge in [-0.25, -0.2) is 5.43 Å². The summed E-state index contributed by atoms with van der Waals surface area (Å²) in [5.74, 6) is 0.392. The van der Waals surface area contributed by atoms with Crippen LogP contribution < -0.4 is 10.2 Å². The summed E-state index contributed by atoms with van der Waals surface area (Å²) in [6.45, 7) is 1.40. The second-order valence-corrected chi connectivity index (χ2v) is 5.22. The van der Waals surface area contributed by atoms with Crippen LogP contribution in [0.4, 0.5) is 5.69 Å². The first-order valence-electron chi connectivity index (χ1n) is 6.41. The van der Waals surface area contributed by atoms with Crippen LogP contribution in [-0.2, 0) is 4.79 Å². The molecule has 0 aliphatic heterocycles. The molecule has 0 bridgehead atoms. The fourth-order valence-corrected chi connectivity index (χ4v) is 2.06. The Morgan fingerprint density at radius 3 is 2.87 bits per heavy atom. The molecule has 0 radical (unpaired) electrons. The molecule has 1 amide bonds. The van der Waals surface area contributed by atoms with Crippen molar-refractivity contribution in [2.24, 2.45) is 5.10 Å². The Bertz CT molecular complexity index is 743. The van der Waals surface area contributed by atoms with Gasteiger partial charge in [0, 0.05) is 12.1 Å². The Balaban J connectivity index is 1.89. The van der Waals surface area contributed by atoms with Gasteiger partial charge in [-0.15, -0.1) is 0 Å². The molecule has 1 aromatic carbocycles. The highest BCUT2D eigenvalue weighted by molar-refractivity contribution is 9.10. The van der Waals surface area contributed by atoms with Crippen molar-refractivity contribution in [2.75, 3.05) is 6.61 Å². The maximum Gasteiger partial charge on any atom is 0.277 e. The average Bonchev–Trinajstić information content (AvgIpc) is 3.05. The van der Waals surface area contributed by atoms with Gasteiger partial charge in [0.2, 0.25) is 0 Å². The van der Waals surface area contributed by atoms with E-state index >= 15 is 0 Å². The first-order chi connectivity index (χ1) is 11.0. The minimum absolute atomic E-state index is 0.0765. The first kappa shape index (κ1) is 16.7. The molecule has 2 aromatic rings. The standard InChI is InChI=1S/C14H12BrN3O5/c1-9(12-3-2-6-22-12)16-17-14(19)8-23-13-5-4-10(18(20)21)7-11(13)15/h2-7H,8H2,1H3,(H,17,19)/b16-9-. The van der Waals surface area contributed by atoms with Crippen molar-refractivity contribution in [3.63, 3.8) is 0 Å². The predicted molar refractivity (Wildman–Crippen MR) is 85.4 cm³/mol. The number of carbonyl (C=O) groups excluding carboxylic acids is 1. The van der Waals surface area contributed by atoms with E-state index in [1.54, 1.807) is 19.1 Å². The van der Waals surface area contributed by atoms with Crippen LogP contribution in [0.15, 0.2) is 50.6 Å². The van der Waals surface area contributed by atoms with Gasteiger partial charge in [0.25, 0.3) is 11.6 Å². The van der Waals surface area contributed by atoms with E-state index in [-0.39, 0.29) is 12.3 Å². The average molecular weight is 382 g/mol. The zero-order valence-corrected chi connectivity index (χ0v) is 13.6. The number of rotatable bonds is 6. The highest BCUT2D eigenvalue weighted by Gasteiger charge is 2.11. The SMILES string of the molecule is C/C(=N/NC(=O)COc1ccc([N+](=O)[O-])cc1Br)c1ccco1. The van der Waals surface area contributed by atoms with Gasteiger partial charge in [0.15, 0.2) is 6.61 Å². The van der Waals surface area contributed by atoms with Crippen molar-refractivity contribution < 1.29 is 18.9 Å². The van der Waals surface area contributed by atoms with Crippen molar-refractivity contribution in [1.82, 2.24) is 5.43 Å². The second-order valence-electron chi connectivity index (χ2n) is 4.37. The Kier molecular flexibility index (Phi) is 5.47. The maximum atomic E-state index is 11.7. The number of amides is 1. The van der Waals surface area contributed by atoms with E-state index in [0.717, 1.165) is 0 Å². The Hall–Kier alpha value is -2.68. The van der Waals surface area contributed by atoms with Gasteiger partial charge < -0.3 is 9.15 Å². The molecule has 0 aliphatic carbocycles. The van der Waals surface area contributed by atoms with E-state index in [1.165, 1.54) is 24.5 Å². The predicted octanol–water partition coefficient (Wildman–Crippen LogP) is 2.87. The molecule has 8 nitrogen and oxygen atoms in total. The lowest BCUT2D eigenvalue weighted by Gasteiger charge is -2.07. The summed E-state index contributed by atoms with van der Waals surface area (Å²) in [5.41, 5.74) is 2.77. The normalized spacial score (nSPS) is 11.1. The van der Waals surface area contributed by atoms with Crippen molar-refractivity contribution in [1.29, 1.82) is 0 Å². The van der Waals surface area contributed by atoms with Crippen LogP contribution in [-0.4, -0.2) is 23.1 Å². The summed E-state index contributed by atoms with van der Waals surface area (Å²) in [7, 11) is 0. The third-order valence-corrected chi connectivity index (χ3v) is 3.33. The summed E-state index contributed by atoms with van der Waals surface area (Å²) in [4.78, 5) is 21.8. The second kappa shape index (κ2) is 7.54. The van der Waals surface area contributed by atoms with Crippen LogP contribution in [0.2, 0.25) is 0 Å². The third kappa shape index (κ3) is 4.65. The maximum absolute atomic E-state index is 11.7. The van der Waals surface area contributed by atoms with Crippen molar-refractivity contribution in [3.05, 3.63) is 56.9 Å². The lowest BCUT2D eigenvalue weighted by molar-refractivity contribution is -0.384. The zero-order chi connectivity index (χ0) is 16.8. The molecular weight excluding hydrogens is 370 g/mol. The minimum atomic E-state index is -0.520. The molecule has 23 heavy (non-hydrogen) atoms. The molecule has 9 heteroatoms. The minimum Gasteiger partial charge on any atom is -0.483 e. The lowest BCUT2D eigenvalue weighted by Crippen LogP contribution is -2.25. The van der Waals surface area contributed by atoms with Gasteiger partial charge in [0.05, 0.1) is 15.7 Å². The Morgan fingerprint density at radius 2 is 2.26 bits per heavy atom. The zero-order valence-electron chi connectivity index (χ0n) is 12.0. The third-order valence-electron chi connectivity index (χ3n) is 2.71. The van der Waals surface area contributed by atoms with Crippen LogP contribution in [0.5, 0.6) is 5.75 Å². The van der Waals surface area contributed by atoms with Crippen LogP contribution in [0, 0.1) is 10.1 Å². The molecule has 1 aromatic heterocycles. The number of non-ortho nitro benzene ring substituents is 1. The molecule has 1 heterocycles. The molecule has 120 valence electrons. The number of hydrogen-bond donors (Lipinski definition) is 1. The largest absolute Gasteiger partial charge is 0.483 e. The van der Waals surface area contributed by atoms with E-state index in [2.05, 4.69) is 26.5 Å². The summed E-state index contributed by atoms with van der Waals surface area (Å²) >= 11 is 3.15. The van der Waals surface area contributed by atoms with E-state index in [9.17, 15) is 14.9 Å². The number of nitrogens with one attached hydrogen (secondary N) is 1.